The molecule has 8 aromatic rings. The van der Waals surface area contributed by atoms with Gasteiger partial charge in [0.15, 0.2) is 0 Å². The second kappa shape index (κ2) is 17.3. The van der Waals surface area contributed by atoms with Gasteiger partial charge in [0.1, 0.15) is 5.58 Å². The zero-order valence-corrected chi connectivity index (χ0v) is 52.6. The molecule has 420 valence electrons. The van der Waals surface area contributed by atoms with Crippen molar-refractivity contribution in [3.05, 3.63) is 177 Å². The van der Waals surface area contributed by atoms with Crippen molar-refractivity contribution in [3.8, 4) is 0 Å². The molecule has 6 aliphatic rings. The fourth-order valence-electron chi connectivity index (χ4n) is 16.5. The predicted molar refractivity (Wildman–Crippen MR) is 351 cm³/mol. The van der Waals surface area contributed by atoms with Gasteiger partial charge in [-0.3, -0.25) is 0 Å². The molecule has 1 aromatic heterocycles. The van der Waals surface area contributed by atoms with E-state index < -0.39 is 0 Å². The van der Waals surface area contributed by atoms with Gasteiger partial charge in [0.25, 0.3) is 6.71 Å². The van der Waals surface area contributed by atoms with Crippen LogP contribution in [-0.4, -0.2) is 6.71 Å². The standard InChI is InChI=1S/C77H88BN3O/c1-47-39-64-67-65(40-47)81(51-25-29-56-59(43-51)75(12,13)36-33-72(56,6)7)68-53-45-60-61(77(16,17)38-37-76(60,14)15)46-66(53)82-69(68)78(67)62-30-26-52(44-63(62)80(64)50-24-28-55-58(42-50)74(10,11)35-32-71(55,4)5)79(48-21-19-18-20-22-48)49-23-27-54-57(41-49)73(8,9)34-31-70(54,2)3/h18-30,39-46H,31-38H2,1-17H3. The van der Waals surface area contributed by atoms with Gasteiger partial charge in [0.05, 0.1) is 11.3 Å². The quantitative estimate of drug-likeness (QED) is 0.160. The van der Waals surface area contributed by atoms with Gasteiger partial charge in [0.2, 0.25) is 0 Å². The summed E-state index contributed by atoms with van der Waals surface area (Å²) in [4.78, 5) is 7.84. The molecule has 5 heteroatoms. The van der Waals surface area contributed by atoms with Crippen molar-refractivity contribution >= 4 is 85.5 Å². The Morgan fingerprint density at radius 2 is 0.793 bits per heavy atom. The number of furan rings is 1. The lowest BCUT2D eigenvalue weighted by atomic mass is 9.35. The van der Waals surface area contributed by atoms with E-state index in [1.54, 1.807) is 0 Å². The van der Waals surface area contributed by atoms with E-state index >= 15 is 0 Å². The van der Waals surface area contributed by atoms with E-state index in [9.17, 15) is 0 Å². The summed E-state index contributed by atoms with van der Waals surface area (Å²) < 4.78 is 7.79. The molecule has 2 aliphatic heterocycles. The summed E-state index contributed by atoms with van der Waals surface area (Å²) in [6.45, 7) is 41.4. The Hall–Kier alpha value is -6.46. The lowest BCUT2D eigenvalue weighted by Gasteiger charge is -2.45. The molecule has 14 rings (SSSR count). The number of hydrogen-bond donors (Lipinski definition) is 0. The van der Waals surface area contributed by atoms with Crippen molar-refractivity contribution in [3.63, 3.8) is 0 Å². The Bertz CT molecular complexity index is 3990. The van der Waals surface area contributed by atoms with Crippen LogP contribution in [0.3, 0.4) is 0 Å². The second-order valence-corrected chi connectivity index (χ2v) is 31.7. The van der Waals surface area contributed by atoms with Crippen LogP contribution in [0.15, 0.2) is 132 Å². The first kappa shape index (κ1) is 53.5. The smallest absolute Gasteiger partial charge is 0.297 e. The molecule has 0 radical (unpaired) electrons. The highest BCUT2D eigenvalue weighted by Crippen LogP contribution is 2.56. The maximum Gasteiger partial charge on any atom is 0.297 e. The molecule has 3 heterocycles. The Morgan fingerprint density at radius 3 is 1.32 bits per heavy atom. The molecule has 82 heavy (non-hydrogen) atoms. The van der Waals surface area contributed by atoms with Crippen LogP contribution in [-0.2, 0) is 43.3 Å². The van der Waals surface area contributed by atoms with E-state index in [4.69, 9.17) is 4.42 Å². The highest BCUT2D eigenvalue weighted by atomic mass is 16.3. The highest BCUT2D eigenvalue weighted by Gasteiger charge is 2.50. The predicted octanol–water partition coefficient (Wildman–Crippen LogP) is 19.7. The largest absolute Gasteiger partial charge is 0.468 e. The third-order valence-electron chi connectivity index (χ3n) is 22.3. The SMILES string of the molecule is Cc1cc2c3c(c1)N(c1ccc4c(c1)C(C)(C)CCC4(C)C)c1c(oc4cc5c(cc14)C(C)(C)CCC5(C)C)B3c1ccc(N(c3ccccc3)c3ccc4c(c3)C(C)(C)CCC4(C)C)cc1N2c1ccc2c(c1)C(C)(C)CCC2(C)C. The van der Waals surface area contributed by atoms with E-state index in [0.29, 0.717) is 0 Å². The van der Waals surface area contributed by atoms with Crippen molar-refractivity contribution in [2.24, 2.45) is 0 Å². The first-order valence-electron chi connectivity index (χ1n) is 31.3. The van der Waals surface area contributed by atoms with Crippen LogP contribution in [0.1, 0.15) is 212 Å². The minimum Gasteiger partial charge on any atom is -0.468 e. The maximum absolute atomic E-state index is 7.79. The Labute approximate surface area is 491 Å². The van der Waals surface area contributed by atoms with Gasteiger partial charge < -0.3 is 19.1 Å². The molecule has 0 saturated carbocycles. The van der Waals surface area contributed by atoms with Crippen LogP contribution in [0, 0.1) is 6.92 Å². The van der Waals surface area contributed by atoms with Gasteiger partial charge in [-0.25, -0.2) is 0 Å². The van der Waals surface area contributed by atoms with Crippen LogP contribution < -0.4 is 31.3 Å². The zero-order valence-electron chi connectivity index (χ0n) is 52.6. The number of benzene rings is 7. The van der Waals surface area contributed by atoms with Crippen LogP contribution in [0.4, 0.5) is 51.2 Å². The van der Waals surface area contributed by atoms with Crippen LogP contribution in [0.25, 0.3) is 11.0 Å². The van der Waals surface area contributed by atoms with Gasteiger partial charge in [-0.2, -0.15) is 0 Å². The average Bonchev–Trinajstić information content (AvgIpc) is 1.68. The third kappa shape index (κ3) is 7.89. The Kier molecular flexibility index (Phi) is 11.3. The third-order valence-corrected chi connectivity index (χ3v) is 22.3. The van der Waals surface area contributed by atoms with Crippen LogP contribution in [0.5, 0.6) is 0 Å². The fourth-order valence-corrected chi connectivity index (χ4v) is 16.5. The monoisotopic (exact) mass is 1080 g/mol. The molecule has 0 spiro atoms. The van der Waals surface area contributed by atoms with E-state index in [1.807, 2.05) is 0 Å². The van der Waals surface area contributed by atoms with E-state index in [0.717, 1.165) is 54.7 Å². The number of fused-ring (bicyclic) bond motifs is 10. The number of rotatable bonds is 5. The summed E-state index contributed by atoms with van der Waals surface area (Å²) in [6, 6.07) is 50.9. The second-order valence-electron chi connectivity index (χ2n) is 31.7. The molecular formula is C77H88BN3O. The molecule has 0 amide bonds. The summed E-state index contributed by atoms with van der Waals surface area (Å²) in [5.41, 5.74) is 28.7. The van der Waals surface area contributed by atoms with Crippen molar-refractivity contribution in [1.29, 1.82) is 0 Å². The highest BCUT2D eigenvalue weighted by molar-refractivity contribution is 7.00. The van der Waals surface area contributed by atoms with Crippen LogP contribution >= 0.6 is 0 Å². The molecule has 0 atom stereocenters. The van der Waals surface area contributed by atoms with E-state index in [1.165, 1.54) is 125 Å². The Balaban J connectivity index is 1.07. The Morgan fingerprint density at radius 1 is 0.378 bits per heavy atom. The van der Waals surface area contributed by atoms with Gasteiger partial charge >= 0.3 is 0 Å². The number of hydrogen-bond acceptors (Lipinski definition) is 4. The van der Waals surface area contributed by atoms with Gasteiger partial charge in [-0.1, -0.05) is 153 Å². The van der Waals surface area contributed by atoms with Crippen molar-refractivity contribution < 1.29 is 4.42 Å². The van der Waals surface area contributed by atoms with Gasteiger partial charge in [0, 0.05) is 50.9 Å². The molecule has 4 aliphatic carbocycles. The van der Waals surface area contributed by atoms with E-state index in [2.05, 4.69) is 260 Å². The molecule has 0 bridgehead atoms. The number of para-hydroxylation sites is 1. The molecular weight excluding hydrogens is 994 g/mol. The fraction of sp³-hybridized carbons (Fsp3) is 0.429. The lowest BCUT2D eigenvalue weighted by molar-refractivity contribution is 0.332. The molecule has 7 aromatic carbocycles. The number of anilines is 9. The minimum absolute atomic E-state index is 0.0197. The minimum atomic E-state index is -0.180. The van der Waals surface area contributed by atoms with Crippen molar-refractivity contribution in [1.82, 2.24) is 0 Å². The summed E-state index contributed by atoms with van der Waals surface area (Å²) >= 11 is 0. The van der Waals surface area contributed by atoms with Crippen molar-refractivity contribution in [2.45, 2.75) is 212 Å². The lowest BCUT2D eigenvalue weighted by Crippen LogP contribution is -2.61. The molecule has 0 saturated heterocycles. The molecule has 0 fully saturated rings. The normalized spacial score (nSPS) is 21.1. The first-order valence-corrected chi connectivity index (χ1v) is 31.3. The zero-order chi connectivity index (χ0) is 57.8. The number of nitrogens with zero attached hydrogens (tertiary/aromatic N) is 3. The molecule has 0 N–H and O–H groups in total. The summed E-state index contributed by atoms with van der Waals surface area (Å²) in [5.74, 6) is 0. The summed E-state index contributed by atoms with van der Waals surface area (Å²) in [6.07, 6.45) is 9.30. The molecule has 4 nitrogen and oxygen atoms in total. The topological polar surface area (TPSA) is 22.9 Å². The van der Waals surface area contributed by atoms with Crippen molar-refractivity contribution in [2.75, 3.05) is 14.7 Å². The summed E-state index contributed by atoms with van der Waals surface area (Å²) in [5, 5.41) is 1.21. The first-order chi connectivity index (χ1) is 38.5. The number of aryl methyl sites for hydroxylation is 1. The molecule has 0 unspecified atom stereocenters. The van der Waals surface area contributed by atoms with Gasteiger partial charge in [-0.05, 0) is 248 Å². The summed E-state index contributed by atoms with van der Waals surface area (Å²) in [7, 11) is 0. The van der Waals surface area contributed by atoms with Crippen LogP contribution in [0.2, 0.25) is 0 Å². The maximum atomic E-state index is 7.79. The van der Waals surface area contributed by atoms with E-state index in [-0.39, 0.29) is 50.0 Å². The van der Waals surface area contributed by atoms with Gasteiger partial charge in [-0.15, -0.1) is 0 Å². The average molecular weight is 1080 g/mol.